The second-order valence-corrected chi connectivity index (χ2v) is 4.07. The zero-order valence-corrected chi connectivity index (χ0v) is 9.57. The second kappa shape index (κ2) is 4.22. The van der Waals surface area contributed by atoms with Crippen molar-refractivity contribution in [1.29, 1.82) is 0 Å². The molecule has 0 aromatic carbocycles. The predicted molar refractivity (Wildman–Crippen MR) is 59.3 cm³/mol. The van der Waals surface area contributed by atoms with Gasteiger partial charge in [0.05, 0.1) is 31.1 Å². The first-order valence-electron chi connectivity index (χ1n) is 5.59. The van der Waals surface area contributed by atoms with Crippen LogP contribution in [0.15, 0.2) is 12.4 Å². The molecule has 0 atom stereocenters. The lowest BCUT2D eigenvalue weighted by atomic mass is 10.2. The summed E-state index contributed by atoms with van der Waals surface area (Å²) < 4.78 is 1.82. The van der Waals surface area contributed by atoms with E-state index in [1.807, 2.05) is 4.68 Å². The van der Waals surface area contributed by atoms with Crippen LogP contribution in [-0.4, -0.2) is 47.4 Å². The van der Waals surface area contributed by atoms with Gasteiger partial charge in [-0.05, 0) is 6.07 Å². The minimum Gasteiger partial charge on any atom is -0.390 e. The Hall–Kier alpha value is -2.22. The van der Waals surface area contributed by atoms with E-state index in [2.05, 4.69) is 20.3 Å². The largest absolute Gasteiger partial charge is 0.390 e. The number of carbonyl (C=O) groups is 1. The topological polar surface area (TPSA) is 99.9 Å². The fourth-order valence-electron chi connectivity index (χ4n) is 2.03. The van der Waals surface area contributed by atoms with E-state index in [1.165, 1.54) is 6.33 Å². The monoisotopic (exact) mass is 248 g/mol. The minimum atomic E-state index is -0.175. The fourth-order valence-corrected chi connectivity index (χ4v) is 2.03. The molecule has 94 valence electrons. The molecular formula is C10H12N6O2. The predicted octanol–water partition coefficient (Wildman–Crippen LogP) is -0.850. The van der Waals surface area contributed by atoms with E-state index in [1.54, 1.807) is 11.0 Å². The Morgan fingerprint density at radius 2 is 2.39 bits per heavy atom. The van der Waals surface area contributed by atoms with Gasteiger partial charge in [-0.25, -0.2) is 4.98 Å². The highest BCUT2D eigenvalue weighted by Crippen LogP contribution is 2.15. The number of nitrogens with one attached hydrogen (secondary N) is 1. The molecule has 2 aromatic rings. The molecule has 0 fully saturated rings. The number of aromatic amines is 1. The third-order valence-corrected chi connectivity index (χ3v) is 2.92. The summed E-state index contributed by atoms with van der Waals surface area (Å²) in [6, 6.07) is 1.81. The Morgan fingerprint density at radius 3 is 3.11 bits per heavy atom. The van der Waals surface area contributed by atoms with E-state index in [0.717, 1.165) is 5.69 Å². The van der Waals surface area contributed by atoms with Crippen LogP contribution in [0.5, 0.6) is 0 Å². The molecule has 0 radical (unpaired) electrons. The van der Waals surface area contributed by atoms with Crippen molar-refractivity contribution < 1.29 is 9.90 Å². The van der Waals surface area contributed by atoms with Crippen LogP contribution in [0, 0.1) is 0 Å². The molecule has 0 unspecified atom stereocenters. The average molecular weight is 248 g/mol. The summed E-state index contributed by atoms with van der Waals surface area (Å²) in [7, 11) is 0. The van der Waals surface area contributed by atoms with Crippen LogP contribution in [-0.2, 0) is 19.7 Å². The first-order chi connectivity index (χ1) is 8.78. The van der Waals surface area contributed by atoms with Crippen molar-refractivity contribution in [3.05, 3.63) is 29.6 Å². The number of amides is 1. The molecule has 0 saturated heterocycles. The molecule has 2 N–H and O–H groups in total. The van der Waals surface area contributed by atoms with Crippen LogP contribution < -0.4 is 0 Å². The third-order valence-electron chi connectivity index (χ3n) is 2.92. The average Bonchev–Trinajstić information content (AvgIpc) is 3.05. The van der Waals surface area contributed by atoms with Crippen LogP contribution in [0.25, 0.3) is 0 Å². The van der Waals surface area contributed by atoms with Gasteiger partial charge in [-0.3, -0.25) is 14.6 Å². The first-order valence-corrected chi connectivity index (χ1v) is 5.59. The number of nitrogens with zero attached hydrogens (tertiary/aromatic N) is 5. The second-order valence-electron chi connectivity index (χ2n) is 4.07. The Balaban J connectivity index is 1.80. The number of rotatable bonds is 2. The molecule has 0 aliphatic carbocycles. The molecule has 1 aliphatic rings. The van der Waals surface area contributed by atoms with Crippen LogP contribution >= 0.6 is 0 Å². The van der Waals surface area contributed by atoms with Gasteiger partial charge in [-0.15, -0.1) is 0 Å². The summed E-state index contributed by atoms with van der Waals surface area (Å²) in [5.41, 5.74) is 1.54. The number of carbonyl (C=O) groups excluding carboxylic acids is 1. The lowest BCUT2D eigenvalue weighted by molar-refractivity contribution is 0.0694. The van der Waals surface area contributed by atoms with Crippen LogP contribution in [0.2, 0.25) is 0 Å². The number of aliphatic hydroxyl groups is 1. The van der Waals surface area contributed by atoms with E-state index >= 15 is 0 Å². The molecule has 3 heterocycles. The molecule has 0 spiro atoms. The van der Waals surface area contributed by atoms with Crippen molar-refractivity contribution in [2.75, 3.05) is 6.54 Å². The Bertz CT molecular complexity index is 561. The van der Waals surface area contributed by atoms with Crippen molar-refractivity contribution in [2.45, 2.75) is 19.7 Å². The number of fused-ring (bicyclic) bond motifs is 1. The highest BCUT2D eigenvalue weighted by molar-refractivity contribution is 5.90. The number of aliphatic hydroxyl groups excluding tert-OH is 1. The van der Waals surface area contributed by atoms with Crippen LogP contribution in [0.3, 0.4) is 0 Å². The van der Waals surface area contributed by atoms with Crippen molar-refractivity contribution in [1.82, 2.24) is 29.9 Å². The summed E-state index contributed by atoms with van der Waals surface area (Å²) in [5, 5.41) is 19.5. The van der Waals surface area contributed by atoms with Gasteiger partial charge in [0, 0.05) is 6.54 Å². The maximum Gasteiger partial charge on any atom is 0.291 e. The van der Waals surface area contributed by atoms with E-state index in [0.29, 0.717) is 25.3 Å². The van der Waals surface area contributed by atoms with Crippen molar-refractivity contribution >= 4 is 5.91 Å². The standard InChI is InChI=1S/C10H12N6O2/c17-5-7-3-8-4-15(1-2-16(8)14-7)10(18)9-11-6-12-13-9/h3,6,17H,1-2,4-5H2,(H,11,12,13). The van der Waals surface area contributed by atoms with Gasteiger partial charge >= 0.3 is 0 Å². The molecule has 2 aromatic heterocycles. The van der Waals surface area contributed by atoms with E-state index < -0.39 is 0 Å². The molecule has 1 amide bonds. The number of aromatic nitrogens is 5. The Kier molecular flexibility index (Phi) is 2.56. The van der Waals surface area contributed by atoms with Crippen LogP contribution in [0.4, 0.5) is 0 Å². The minimum absolute atomic E-state index is 0.0873. The van der Waals surface area contributed by atoms with Crippen molar-refractivity contribution in [2.24, 2.45) is 0 Å². The Labute approximate surface area is 102 Å². The SMILES string of the molecule is O=C(c1ncn[nH]1)N1CCn2nc(CO)cc2C1. The van der Waals surface area contributed by atoms with Gasteiger partial charge in [0.25, 0.3) is 5.91 Å². The molecule has 18 heavy (non-hydrogen) atoms. The summed E-state index contributed by atoms with van der Waals surface area (Å²) in [5.74, 6) is 0.0656. The quantitative estimate of drug-likeness (QED) is 0.721. The van der Waals surface area contributed by atoms with Gasteiger partial charge in [0.1, 0.15) is 6.33 Å². The first kappa shape index (κ1) is 10.9. The number of H-pyrrole nitrogens is 1. The van der Waals surface area contributed by atoms with Crippen LogP contribution in [0.1, 0.15) is 22.0 Å². The van der Waals surface area contributed by atoms with Crippen molar-refractivity contribution in [3.63, 3.8) is 0 Å². The van der Waals surface area contributed by atoms with E-state index in [-0.39, 0.29) is 18.3 Å². The smallest absolute Gasteiger partial charge is 0.291 e. The Morgan fingerprint density at radius 1 is 1.50 bits per heavy atom. The normalized spacial score (nSPS) is 14.6. The van der Waals surface area contributed by atoms with Gasteiger partial charge in [-0.1, -0.05) is 0 Å². The molecule has 0 saturated carbocycles. The number of hydrogen-bond acceptors (Lipinski definition) is 5. The van der Waals surface area contributed by atoms with Gasteiger partial charge < -0.3 is 10.0 Å². The van der Waals surface area contributed by atoms with E-state index in [9.17, 15) is 4.79 Å². The zero-order valence-electron chi connectivity index (χ0n) is 9.57. The molecule has 1 aliphatic heterocycles. The van der Waals surface area contributed by atoms with E-state index in [4.69, 9.17) is 5.11 Å². The molecular weight excluding hydrogens is 236 g/mol. The van der Waals surface area contributed by atoms with Gasteiger partial charge in [0.2, 0.25) is 5.82 Å². The summed E-state index contributed by atoms with van der Waals surface area (Å²) >= 11 is 0. The lowest BCUT2D eigenvalue weighted by Crippen LogP contribution is -2.38. The maximum absolute atomic E-state index is 12.1. The van der Waals surface area contributed by atoms with Gasteiger partial charge in [0.15, 0.2) is 0 Å². The molecule has 8 heteroatoms. The molecule has 3 rings (SSSR count). The summed E-state index contributed by atoms with van der Waals surface area (Å²) in [4.78, 5) is 17.6. The maximum atomic E-state index is 12.1. The summed E-state index contributed by atoms with van der Waals surface area (Å²) in [6.07, 6.45) is 1.31. The molecule has 8 nitrogen and oxygen atoms in total. The van der Waals surface area contributed by atoms with Crippen molar-refractivity contribution in [3.8, 4) is 0 Å². The summed E-state index contributed by atoms with van der Waals surface area (Å²) in [6.45, 7) is 1.57. The highest BCUT2D eigenvalue weighted by Gasteiger charge is 2.24. The third kappa shape index (κ3) is 1.76. The number of hydrogen-bond donors (Lipinski definition) is 2. The van der Waals surface area contributed by atoms with Gasteiger partial charge in [-0.2, -0.15) is 10.2 Å². The zero-order chi connectivity index (χ0) is 12.5. The lowest BCUT2D eigenvalue weighted by Gasteiger charge is -2.26. The highest BCUT2D eigenvalue weighted by atomic mass is 16.3. The molecule has 0 bridgehead atoms. The fraction of sp³-hybridized carbons (Fsp3) is 0.400.